The summed E-state index contributed by atoms with van der Waals surface area (Å²) >= 11 is 1.71. The molecule has 0 bridgehead atoms. The van der Waals surface area contributed by atoms with E-state index in [1.165, 1.54) is 52.8 Å². The van der Waals surface area contributed by atoms with E-state index in [0.717, 1.165) is 41.4 Å². The lowest BCUT2D eigenvalue weighted by Crippen LogP contribution is -2.04. The molecule has 0 atom stereocenters. The van der Waals surface area contributed by atoms with Crippen LogP contribution >= 0.6 is 11.3 Å². The van der Waals surface area contributed by atoms with E-state index in [1.54, 1.807) is 11.3 Å². The van der Waals surface area contributed by atoms with Gasteiger partial charge in [0, 0.05) is 23.2 Å². The van der Waals surface area contributed by atoms with E-state index in [-0.39, 0.29) is 0 Å². The second-order valence-corrected chi connectivity index (χ2v) is 10.5. The molecule has 3 rings (SSSR count). The van der Waals surface area contributed by atoms with Crippen molar-refractivity contribution >= 4 is 16.9 Å². The van der Waals surface area contributed by atoms with Crippen LogP contribution in [0.3, 0.4) is 0 Å². The predicted molar refractivity (Wildman–Crippen MR) is 174 cm³/mol. The minimum Gasteiger partial charge on any atom is -0.339 e. The van der Waals surface area contributed by atoms with E-state index in [9.17, 15) is 0 Å². The van der Waals surface area contributed by atoms with Crippen LogP contribution in [0, 0.1) is 6.92 Å². The average Bonchev–Trinajstić information content (AvgIpc) is 3.51. The number of nitrogens with zero attached hydrogens (tertiary/aromatic N) is 2. The van der Waals surface area contributed by atoms with Gasteiger partial charge in [-0.25, -0.2) is 4.98 Å². The van der Waals surface area contributed by atoms with Crippen molar-refractivity contribution in [3.63, 3.8) is 0 Å². The van der Waals surface area contributed by atoms with Gasteiger partial charge < -0.3 is 4.57 Å². The number of hydrogen-bond acceptors (Lipinski definition) is 2. The molecule has 0 saturated carbocycles. The molecule has 0 radical (unpaired) electrons. The highest BCUT2D eigenvalue weighted by Gasteiger charge is 2.17. The van der Waals surface area contributed by atoms with Crippen molar-refractivity contribution in [3.8, 4) is 22.0 Å². The lowest BCUT2D eigenvalue weighted by atomic mass is 10.1. The van der Waals surface area contributed by atoms with E-state index in [0.29, 0.717) is 0 Å². The topological polar surface area (TPSA) is 17.8 Å². The number of hydrogen-bond donors (Lipinski definition) is 0. The van der Waals surface area contributed by atoms with Crippen molar-refractivity contribution in [3.05, 3.63) is 82.4 Å². The Kier molecular flexibility index (Phi) is 15.6. The second kappa shape index (κ2) is 17.8. The SMILES string of the molecule is C=C(C)c1cc(-c2csc(-c3ccc(CC)cc3)n2)n(C/C(C)=C/C(C)=C\CC)c1C.CC.CCCCC. The van der Waals surface area contributed by atoms with Gasteiger partial charge in [-0.3, -0.25) is 0 Å². The van der Waals surface area contributed by atoms with Crippen molar-refractivity contribution in [1.82, 2.24) is 9.55 Å². The summed E-state index contributed by atoms with van der Waals surface area (Å²) in [5, 5.41) is 3.24. The van der Waals surface area contributed by atoms with Gasteiger partial charge in [0.1, 0.15) is 5.01 Å². The van der Waals surface area contributed by atoms with Crippen LogP contribution in [0.15, 0.2) is 65.6 Å². The number of allylic oxidation sites excluding steroid dienone is 5. The molecular weight excluding hydrogens is 480 g/mol. The predicted octanol–water partition coefficient (Wildman–Crippen LogP) is 11.7. The third kappa shape index (κ3) is 9.91. The maximum atomic E-state index is 5.02. The Labute approximate surface area is 238 Å². The third-order valence-electron chi connectivity index (χ3n) is 6.32. The van der Waals surface area contributed by atoms with Crippen LogP contribution in [0.4, 0.5) is 0 Å². The molecule has 0 unspecified atom stereocenters. The first-order chi connectivity index (χ1) is 18.2. The highest BCUT2D eigenvalue weighted by Crippen LogP contribution is 2.33. The molecule has 1 aromatic carbocycles. The van der Waals surface area contributed by atoms with Crippen LogP contribution in [0.5, 0.6) is 0 Å². The molecular formula is C35H52N2S. The number of unbranched alkanes of at least 4 members (excludes halogenated alkanes) is 2. The number of aromatic nitrogens is 2. The molecule has 0 saturated heterocycles. The standard InChI is InChI=1S/C28H34N2S.C5H12.C2H6/c1-8-10-20(5)15-21(6)17-30-22(7)25(19(3)4)16-27(30)26-18-31-28(29-26)24-13-11-23(9-2)12-14-24;1-3-5-4-2;1-2/h10-16,18H,3,8-9,17H2,1-2,4-7H3;3-5H2,1-2H3;1-2H3/b20-10-,21-15+;;. The van der Waals surface area contributed by atoms with Crippen LogP contribution in [0.1, 0.15) is 105 Å². The molecule has 0 aliphatic heterocycles. The fourth-order valence-electron chi connectivity index (χ4n) is 4.32. The van der Waals surface area contributed by atoms with Crippen LogP contribution in [0.25, 0.3) is 27.5 Å². The Morgan fingerprint density at radius 3 is 2.13 bits per heavy atom. The second-order valence-electron chi connectivity index (χ2n) is 9.68. The average molecular weight is 533 g/mol. The van der Waals surface area contributed by atoms with E-state index in [4.69, 9.17) is 4.98 Å². The van der Waals surface area contributed by atoms with Gasteiger partial charge in [0.05, 0.1) is 11.4 Å². The van der Waals surface area contributed by atoms with Crippen molar-refractivity contribution < 1.29 is 0 Å². The number of thiazole rings is 1. The molecule has 38 heavy (non-hydrogen) atoms. The van der Waals surface area contributed by atoms with Crippen molar-refractivity contribution in [2.45, 2.75) is 108 Å². The molecule has 0 aliphatic rings. The lowest BCUT2D eigenvalue weighted by molar-refractivity contribution is 0.766. The summed E-state index contributed by atoms with van der Waals surface area (Å²) in [6.07, 6.45) is 10.7. The van der Waals surface area contributed by atoms with Crippen LogP contribution in [0.2, 0.25) is 0 Å². The fraction of sp³-hybridized carbons (Fsp3) is 0.457. The number of aryl methyl sites for hydroxylation is 1. The van der Waals surface area contributed by atoms with Crippen LogP contribution in [-0.4, -0.2) is 9.55 Å². The molecule has 208 valence electrons. The maximum absolute atomic E-state index is 5.02. The van der Waals surface area contributed by atoms with Crippen molar-refractivity contribution in [2.24, 2.45) is 0 Å². The molecule has 0 N–H and O–H groups in total. The zero-order valence-electron chi connectivity index (χ0n) is 25.9. The highest BCUT2D eigenvalue weighted by atomic mass is 32.1. The van der Waals surface area contributed by atoms with Gasteiger partial charge in [0.25, 0.3) is 0 Å². The summed E-state index contributed by atoms with van der Waals surface area (Å²) in [5.41, 5.74) is 10.9. The van der Waals surface area contributed by atoms with Crippen LogP contribution < -0.4 is 0 Å². The Bertz CT molecular complexity index is 1170. The highest BCUT2D eigenvalue weighted by molar-refractivity contribution is 7.13. The summed E-state index contributed by atoms with van der Waals surface area (Å²) in [6, 6.07) is 11.0. The Balaban J connectivity index is 0.000000924. The molecule has 2 heterocycles. The quantitative estimate of drug-likeness (QED) is 0.237. The number of benzene rings is 1. The Hall–Kier alpha value is -2.65. The van der Waals surface area contributed by atoms with Gasteiger partial charge in [-0.2, -0.15) is 0 Å². The smallest absolute Gasteiger partial charge is 0.124 e. The van der Waals surface area contributed by atoms with E-state index < -0.39 is 0 Å². The van der Waals surface area contributed by atoms with Crippen molar-refractivity contribution in [2.75, 3.05) is 0 Å². The van der Waals surface area contributed by atoms with Gasteiger partial charge in [0.15, 0.2) is 0 Å². The van der Waals surface area contributed by atoms with E-state index in [2.05, 4.69) is 114 Å². The molecule has 2 aromatic heterocycles. The summed E-state index contributed by atoms with van der Waals surface area (Å²) in [7, 11) is 0. The molecule has 0 fully saturated rings. The monoisotopic (exact) mass is 532 g/mol. The molecule has 3 aromatic rings. The lowest BCUT2D eigenvalue weighted by Gasteiger charge is -2.12. The van der Waals surface area contributed by atoms with Crippen molar-refractivity contribution in [1.29, 1.82) is 0 Å². The number of rotatable bonds is 10. The Morgan fingerprint density at radius 2 is 1.63 bits per heavy atom. The zero-order valence-corrected chi connectivity index (χ0v) is 26.7. The summed E-state index contributed by atoms with van der Waals surface area (Å²) in [5.74, 6) is 0. The first-order valence-corrected chi connectivity index (χ1v) is 15.4. The van der Waals surface area contributed by atoms with Gasteiger partial charge in [-0.05, 0) is 63.3 Å². The summed E-state index contributed by atoms with van der Waals surface area (Å²) in [4.78, 5) is 5.02. The summed E-state index contributed by atoms with van der Waals surface area (Å²) < 4.78 is 2.38. The third-order valence-corrected chi connectivity index (χ3v) is 7.21. The normalized spacial score (nSPS) is 11.4. The largest absolute Gasteiger partial charge is 0.339 e. The van der Waals surface area contributed by atoms with Gasteiger partial charge in [0.2, 0.25) is 0 Å². The molecule has 0 aliphatic carbocycles. The van der Waals surface area contributed by atoms with Crippen LogP contribution in [-0.2, 0) is 13.0 Å². The molecule has 3 heteroatoms. The minimum absolute atomic E-state index is 0.849. The Morgan fingerprint density at radius 1 is 1.00 bits per heavy atom. The molecule has 0 amide bonds. The first kappa shape index (κ1) is 33.4. The van der Waals surface area contributed by atoms with Gasteiger partial charge in [-0.1, -0.05) is 115 Å². The summed E-state index contributed by atoms with van der Waals surface area (Å²) in [6.45, 7) is 26.5. The van der Waals surface area contributed by atoms with Gasteiger partial charge >= 0.3 is 0 Å². The fourth-order valence-corrected chi connectivity index (χ4v) is 5.14. The van der Waals surface area contributed by atoms with E-state index in [1.807, 2.05) is 13.8 Å². The maximum Gasteiger partial charge on any atom is 0.124 e. The first-order valence-electron chi connectivity index (χ1n) is 14.5. The molecule has 2 nitrogen and oxygen atoms in total. The minimum atomic E-state index is 0.849. The zero-order chi connectivity index (χ0) is 28.7. The molecule has 0 spiro atoms. The van der Waals surface area contributed by atoms with E-state index >= 15 is 0 Å². The van der Waals surface area contributed by atoms with Gasteiger partial charge in [-0.15, -0.1) is 11.3 Å².